The van der Waals surface area contributed by atoms with E-state index in [4.69, 9.17) is 14.9 Å². The summed E-state index contributed by atoms with van der Waals surface area (Å²) in [6, 6.07) is 22.7. The highest BCUT2D eigenvalue weighted by Crippen LogP contribution is 2.38. The number of anilines is 1. The number of rotatable bonds is 6. The second kappa shape index (κ2) is 10.2. The summed E-state index contributed by atoms with van der Waals surface area (Å²) in [7, 11) is -3.85. The van der Waals surface area contributed by atoms with Gasteiger partial charge < -0.3 is 10.1 Å². The summed E-state index contributed by atoms with van der Waals surface area (Å²) >= 11 is 0. The lowest BCUT2D eigenvalue weighted by Crippen LogP contribution is -2.30. The van der Waals surface area contributed by atoms with Crippen molar-refractivity contribution in [1.29, 1.82) is 0 Å². The molecule has 0 saturated carbocycles. The molecule has 4 aromatic rings. The molecule has 3 aromatic carbocycles. The predicted octanol–water partition coefficient (Wildman–Crippen LogP) is 4.55. The average Bonchev–Trinajstić information content (AvgIpc) is 3.29. The van der Waals surface area contributed by atoms with E-state index in [-0.39, 0.29) is 4.90 Å². The van der Waals surface area contributed by atoms with Crippen molar-refractivity contribution in [3.05, 3.63) is 101 Å². The van der Waals surface area contributed by atoms with Crippen molar-refractivity contribution in [3.63, 3.8) is 0 Å². The van der Waals surface area contributed by atoms with Crippen LogP contribution in [0.4, 0.5) is 5.69 Å². The first-order valence-electron chi connectivity index (χ1n) is 12.0. The van der Waals surface area contributed by atoms with Gasteiger partial charge in [-0.25, -0.2) is 23.3 Å². The Bertz CT molecular complexity index is 1680. The zero-order chi connectivity index (χ0) is 26.9. The highest BCUT2D eigenvalue weighted by atomic mass is 32.2. The zero-order valence-corrected chi connectivity index (χ0v) is 21.4. The minimum Gasteiger partial charge on any atom is -0.449 e. The topological polar surface area (TPSA) is 128 Å². The molecule has 1 aliphatic carbocycles. The molecule has 0 radical (unpaired) electrons. The number of nitrogens with two attached hydrogens (primary N) is 1. The number of esters is 1. The molecule has 38 heavy (non-hydrogen) atoms. The van der Waals surface area contributed by atoms with E-state index in [1.807, 2.05) is 54.6 Å². The fourth-order valence-electron chi connectivity index (χ4n) is 4.51. The Morgan fingerprint density at radius 1 is 0.974 bits per heavy atom. The molecule has 1 aliphatic rings. The molecule has 3 N–H and O–H groups in total. The standard InChI is InChI=1S/C29H25N3O5S/c1-18(28(33)31-21-12-14-22(15-13-21)38(30,35)36)37-29(34)26-23-9-5-6-10-25(23)32-27-20(11-16-24(26)27)17-19-7-3-2-4-8-19/h2-10,12-15,17-18H,11,16H2,1H3,(H,31,33)(H2,30,35,36). The van der Waals surface area contributed by atoms with Crippen LogP contribution in [0, 0.1) is 0 Å². The van der Waals surface area contributed by atoms with E-state index < -0.39 is 28.0 Å². The number of nitrogens with one attached hydrogen (secondary N) is 1. The second-order valence-corrected chi connectivity index (χ2v) is 10.6. The quantitative estimate of drug-likeness (QED) is 0.354. The molecule has 1 unspecified atom stereocenters. The molecule has 9 heteroatoms. The van der Waals surface area contributed by atoms with Gasteiger partial charge in [-0.1, -0.05) is 48.5 Å². The van der Waals surface area contributed by atoms with E-state index in [2.05, 4.69) is 11.4 Å². The summed E-state index contributed by atoms with van der Waals surface area (Å²) in [4.78, 5) is 31.0. The Balaban J connectivity index is 1.41. The Kier molecular flexibility index (Phi) is 6.79. The maximum Gasteiger partial charge on any atom is 0.339 e. The SMILES string of the molecule is CC(OC(=O)c1c2c(nc3ccccc13)C(=Cc1ccccc1)CC2)C(=O)Nc1ccc(S(N)(=O)=O)cc1. The van der Waals surface area contributed by atoms with Gasteiger partial charge in [-0.2, -0.15) is 0 Å². The maximum atomic E-state index is 13.5. The molecule has 1 heterocycles. The van der Waals surface area contributed by atoms with Gasteiger partial charge >= 0.3 is 5.97 Å². The lowest BCUT2D eigenvalue weighted by Gasteiger charge is -2.16. The third-order valence-corrected chi connectivity index (χ3v) is 7.32. The summed E-state index contributed by atoms with van der Waals surface area (Å²) < 4.78 is 28.5. The average molecular weight is 528 g/mol. The Morgan fingerprint density at radius 2 is 1.66 bits per heavy atom. The number of hydrogen-bond acceptors (Lipinski definition) is 6. The van der Waals surface area contributed by atoms with Crippen LogP contribution in [0.2, 0.25) is 0 Å². The molecule has 0 aliphatic heterocycles. The monoisotopic (exact) mass is 527 g/mol. The van der Waals surface area contributed by atoms with Gasteiger partial charge in [0, 0.05) is 11.1 Å². The van der Waals surface area contributed by atoms with E-state index in [9.17, 15) is 18.0 Å². The van der Waals surface area contributed by atoms with Crippen LogP contribution in [0.3, 0.4) is 0 Å². The summed E-state index contributed by atoms with van der Waals surface area (Å²) in [5.74, 6) is -1.16. The second-order valence-electron chi connectivity index (χ2n) is 9.02. The molecule has 0 bridgehead atoms. The lowest BCUT2D eigenvalue weighted by molar-refractivity contribution is -0.123. The van der Waals surface area contributed by atoms with Gasteiger partial charge in [0.25, 0.3) is 5.91 Å². The highest BCUT2D eigenvalue weighted by Gasteiger charge is 2.29. The first-order chi connectivity index (χ1) is 18.2. The number of fused-ring (bicyclic) bond motifs is 2. The van der Waals surface area contributed by atoms with Crippen molar-refractivity contribution in [2.45, 2.75) is 30.8 Å². The van der Waals surface area contributed by atoms with Crippen LogP contribution >= 0.6 is 0 Å². The Hall–Kier alpha value is -4.34. The van der Waals surface area contributed by atoms with Crippen LogP contribution in [0.25, 0.3) is 22.6 Å². The third kappa shape index (κ3) is 5.20. The smallest absolute Gasteiger partial charge is 0.339 e. The van der Waals surface area contributed by atoms with Gasteiger partial charge in [-0.3, -0.25) is 4.79 Å². The largest absolute Gasteiger partial charge is 0.449 e. The fraction of sp³-hybridized carbons (Fsp3) is 0.138. The number of para-hydroxylation sites is 1. The van der Waals surface area contributed by atoms with Crippen LogP contribution in [0.15, 0.2) is 83.8 Å². The van der Waals surface area contributed by atoms with Gasteiger partial charge in [0.2, 0.25) is 10.0 Å². The van der Waals surface area contributed by atoms with Crippen molar-refractivity contribution in [1.82, 2.24) is 4.98 Å². The van der Waals surface area contributed by atoms with Gasteiger partial charge in [0.1, 0.15) is 0 Å². The number of allylic oxidation sites excluding steroid dienone is 1. The van der Waals surface area contributed by atoms with E-state index >= 15 is 0 Å². The molecule has 192 valence electrons. The Morgan fingerprint density at radius 3 is 2.37 bits per heavy atom. The fourth-order valence-corrected chi connectivity index (χ4v) is 5.02. The lowest BCUT2D eigenvalue weighted by atomic mass is 10.0. The molecular weight excluding hydrogens is 502 g/mol. The summed E-state index contributed by atoms with van der Waals surface area (Å²) in [5.41, 5.74) is 5.10. The van der Waals surface area contributed by atoms with E-state index in [0.717, 1.165) is 28.8 Å². The highest BCUT2D eigenvalue weighted by molar-refractivity contribution is 7.89. The predicted molar refractivity (Wildman–Crippen MR) is 146 cm³/mol. The van der Waals surface area contributed by atoms with Crippen LogP contribution in [-0.2, 0) is 26.0 Å². The van der Waals surface area contributed by atoms with Gasteiger partial charge in [-0.05, 0) is 72.9 Å². The molecule has 1 aromatic heterocycles. The molecule has 1 atom stereocenters. The van der Waals surface area contributed by atoms with Crippen LogP contribution < -0.4 is 10.5 Å². The normalized spacial score (nSPS) is 14.7. The maximum absolute atomic E-state index is 13.5. The minimum absolute atomic E-state index is 0.0749. The Labute approximate surface area is 220 Å². The molecule has 0 fully saturated rings. The number of benzene rings is 3. The number of pyridine rings is 1. The van der Waals surface area contributed by atoms with Crippen molar-refractivity contribution in [3.8, 4) is 0 Å². The van der Waals surface area contributed by atoms with Crippen molar-refractivity contribution in [2.75, 3.05) is 5.32 Å². The molecule has 0 spiro atoms. The minimum atomic E-state index is -3.85. The number of ether oxygens (including phenoxy) is 1. The number of carbonyl (C=O) groups excluding carboxylic acids is 2. The summed E-state index contributed by atoms with van der Waals surface area (Å²) in [6.07, 6.45) is 2.34. The van der Waals surface area contributed by atoms with Crippen LogP contribution in [-0.4, -0.2) is 31.4 Å². The number of amides is 1. The van der Waals surface area contributed by atoms with Crippen LogP contribution in [0.5, 0.6) is 0 Å². The number of nitrogens with zero attached hydrogens (tertiary/aromatic N) is 1. The third-order valence-electron chi connectivity index (χ3n) is 6.39. The number of aromatic nitrogens is 1. The number of hydrogen-bond donors (Lipinski definition) is 2. The van der Waals surface area contributed by atoms with E-state index in [1.54, 1.807) is 0 Å². The summed E-state index contributed by atoms with van der Waals surface area (Å²) in [6.45, 7) is 1.48. The van der Waals surface area contributed by atoms with Crippen molar-refractivity contribution < 1.29 is 22.7 Å². The zero-order valence-electron chi connectivity index (χ0n) is 20.5. The summed E-state index contributed by atoms with van der Waals surface area (Å²) in [5, 5.41) is 8.41. The van der Waals surface area contributed by atoms with Crippen molar-refractivity contribution in [2.24, 2.45) is 5.14 Å². The first-order valence-corrected chi connectivity index (χ1v) is 13.6. The first kappa shape index (κ1) is 25.3. The van der Waals surface area contributed by atoms with Crippen molar-refractivity contribution >= 4 is 50.1 Å². The van der Waals surface area contributed by atoms with Gasteiger partial charge in [0.15, 0.2) is 6.10 Å². The molecular formula is C29H25N3O5S. The molecule has 8 nitrogen and oxygen atoms in total. The molecule has 1 amide bonds. The van der Waals surface area contributed by atoms with E-state index in [1.165, 1.54) is 31.2 Å². The van der Waals surface area contributed by atoms with Gasteiger partial charge in [-0.15, -0.1) is 0 Å². The molecule has 5 rings (SSSR count). The number of primary sulfonamides is 1. The number of carbonyl (C=O) groups is 2. The molecule has 0 saturated heterocycles. The van der Waals surface area contributed by atoms with E-state index in [0.29, 0.717) is 28.6 Å². The van der Waals surface area contributed by atoms with Gasteiger partial charge in [0.05, 0.1) is 21.7 Å². The van der Waals surface area contributed by atoms with Crippen LogP contribution in [0.1, 0.15) is 40.5 Å². The number of sulfonamides is 1.